The Labute approximate surface area is 168 Å². The predicted molar refractivity (Wildman–Crippen MR) is 110 cm³/mol. The van der Waals surface area contributed by atoms with Crippen molar-refractivity contribution < 1.29 is 9.53 Å². The van der Waals surface area contributed by atoms with Crippen LogP contribution in [0.1, 0.15) is 38.8 Å². The van der Waals surface area contributed by atoms with E-state index in [9.17, 15) is 4.79 Å². The number of ether oxygens (including phenoxy) is 1. The molecule has 4 rings (SSSR count). The molecule has 3 aromatic rings. The minimum absolute atomic E-state index is 0.0957. The van der Waals surface area contributed by atoms with Gasteiger partial charge in [-0.1, -0.05) is 29.8 Å². The van der Waals surface area contributed by atoms with Crippen molar-refractivity contribution in [1.82, 2.24) is 10.2 Å². The molecule has 5 nitrogen and oxygen atoms in total. The number of nitrogens with zero attached hydrogens (tertiary/aromatic N) is 2. The molecule has 0 saturated carbocycles. The number of fused-ring (bicyclic) bond motifs is 1. The minimum Gasteiger partial charge on any atom is -0.465 e. The van der Waals surface area contributed by atoms with E-state index in [1.807, 2.05) is 31.2 Å². The molecule has 0 fully saturated rings. The number of aromatic nitrogens is 2. The van der Waals surface area contributed by atoms with Gasteiger partial charge in [0.05, 0.1) is 29.7 Å². The molecule has 28 heavy (non-hydrogen) atoms. The lowest BCUT2D eigenvalue weighted by Crippen LogP contribution is -2.06. The van der Waals surface area contributed by atoms with Gasteiger partial charge in [0.1, 0.15) is 0 Å². The molecule has 1 N–H and O–H groups in total. The maximum absolute atomic E-state index is 12.0. The highest BCUT2D eigenvalue weighted by Crippen LogP contribution is 2.36. The summed E-state index contributed by atoms with van der Waals surface area (Å²) in [5.74, 6) is -0.345. The van der Waals surface area contributed by atoms with E-state index >= 15 is 0 Å². The van der Waals surface area contributed by atoms with Crippen LogP contribution in [-0.2, 0) is 4.74 Å². The number of benzene rings is 2. The van der Waals surface area contributed by atoms with Crippen LogP contribution in [0.2, 0.25) is 5.02 Å². The van der Waals surface area contributed by atoms with Gasteiger partial charge < -0.3 is 10.1 Å². The monoisotopic (exact) mass is 391 g/mol. The Kier molecular flexibility index (Phi) is 4.84. The van der Waals surface area contributed by atoms with E-state index in [2.05, 4.69) is 33.7 Å². The Bertz CT molecular complexity index is 1080. The standard InChI is InChI=1S/C22H18ClN3O2/c1-13-3-9-21(26-25-13)18-7-4-14-11-16(6-8-17(14)18)24-20-10-5-15(23)12-19(20)22(27)28-2/h3-12,18,24H,1-2H3. The van der Waals surface area contributed by atoms with Crippen LogP contribution in [-0.4, -0.2) is 23.3 Å². The van der Waals surface area contributed by atoms with Crippen molar-refractivity contribution in [3.8, 4) is 0 Å². The number of methoxy groups -OCH3 is 1. The number of hydrogen-bond donors (Lipinski definition) is 1. The van der Waals surface area contributed by atoms with Crippen molar-refractivity contribution in [1.29, 1.82) is 0 Å². The number of halogens is 1. The molecule has 6 heteroatoms. The van der Waals surface area contributed by atoms with Crippen LogP contribution < -0.4 is 5.32 Å². The van der Waals surface area contributed by atoms with E-state index in [1.54, 1.807) is 18.2 Å². The number of carbonyl (C=O) groups excluding carboxylic acids is 1. The fourth-order valence-corrected chi connectivity index (χ4v) is 3.45. The second kappa shape index (κ2) is 7.44. The first-order chi connectivity index (χ1) is 13.5. The van der Waals surface area contributed by atoms with Gasteiger partial charge in [0.15, 0.2) is 0 Å². The van der Waals surface area contributed by atoms with Crippen LogP contribution in [0.5, 0.6) is 0 Å². The maximum Gasteiger partial charge on any atom is 0.340 e. The van der Waals surface area contributed by atoms with Crippen molar-refractivity contribution in [2.45, 2.75) is 12.8 Å². The summed E-state index contributed by atoms with van der Waals surface area (Å²) in [7, 11) is 1.35. The molecule has 0 aliphatic heterocycles. The van der Waals surface area contributed by atoms with Gasteiger partial charge in [-0.05, 0) is 60.5 Å². The van der Waals surface area contributed by atoms with Gasteiger partial charge in [0.25, 0.3) is 0 Å². The van der Waals surface area contributed by atoms with Crippen molar-refractivity contribution >= 4 is 35.0 Å². The van der Waals surface area contributed by atoms with Crippen molar-refractivity contribution in [2.24, 2.45) is 0 Å². The Hall–Kier alpha value is -3.18. The fourth-order valence-electron chi connectivity index (χ4n) is 3.28. The first-order valence-corrected chi connectivity index (χ1v) is 9.20. The van der Waals surface area contributed by atoms with Gasteiger partial charge in [0.2, 0.25) is 0 Å². The van der Waals surface area contributed by atoms with Crippen LogP contribution in [0, 0.1) is 6.92 Å². The third-order valence-electron chi connectivity index (χ3n) is 4.69. The normalized spacial score (nSPS) is 14.6. The molecule has 1 aliphatic rings. The third-order valence-corrected chi connectivity index (χ3v) is 4.93. The molecule has 140 valence electrons. The van der Waals surface area contributed by atoms with Crippen LogP contribution in [0.3, 0.4) is 0 Å². The molecule has 2 aromatic carbocycles. The van der Waals surface area contributed by atoms with Crippen molar-refractivity contribution in [2.75, 3.05) is 12.4 Å². The Morgan fingerprint density at radius 2 is 1.96 bits per heavy atom. The van der Waals surface area contributed by atoms with Crippen molar-refractivity contribution in [3.05, 3.63) is 87.7 Å². The zero-order valence-electron chi connectivity index (χ0n) is 15.4. The molecule has 0 spiro atoms. The topological polar surface area (TPSA) is 64.1 Å². The number of hydrogen-bond acceptors (Lipinski definition) is 5. The van der Waals surface area contributed by atoms with Gasteiger partial charge in [-0.3, -0.25) is 0 Å². The van der Waals surface area contributed by atoms with Crippen LogP contribution in [0.25, 0.3) is 6.08 Å². The van der Waals surface area contributed by atoms with Crippen LogP contribution in [0.4, 0.5) is 11.4 Å². The number of carbonyl (C=O) groups is 1. The van der Waals surface area contributed by atoms with E-state index < -0.39 is 5.97 Å². The SMILES string of the molecule is COC(=O)c1cc(Cl)ccc1Nc1ccc2c(c1)C=CC2c1ccc(C)nn1. The van der Waals surface area contributed by atoms with Crippen molar-refractivity contribution in [3.63, 3.8) is 0 Å². The van der Waals surface area contributed by atoms with Crippen LogP contribution in [0.15, 0.2) is 54.6 Å². The number of esters is 1. The molecule has 0 bridgehead atoms. The largest absolute Gasteiger partial charge is 0.465 e. The number of anilines is 2. The molecule has 1 heterocycles. The average molecular weight is 392 g/mol. The lowest BCUT2D eigenvalue weighted by molar-refractivity contribution is 0.0602. The second-order valence-electron chi connectivity index (χ2n) is 6.59. The van der Waals surface area contributed by atoms with Gasteiger partial charge in [-0.2, -0.15) is 10.2 Å². The number of aryl methyl sites for hydroxylation is 1. The Morgan fingerprint density at radius 3 is 2.71 bits per heavy atom. The van der Waals surface area contributed by atoms with Gasteiger partial charge in [-0.15, -0.1) is 0 Å². The molecule has 0 radical (unpaired) electrons. The molecular formula is C22H18ClN3O2. The lowest BCUT2D eigenvalue weighted by Gasteiger charge is -2.14. The summed E-state index contributed by atoms with van der Waals surface area (Å²) in [6, 6.07) is 15.2. The Morgan fingerprint density at radius 1 is 1.11 bits per heavy atom. The highest BCUT2D eigenvalue weighted by Gasteiger charge is 2.21. The zero-order valence-corrected chi connectivity index (χ0v) is 16.2. The summed E-state index contributed by atoms with van der Waals surface area (Å²) < 4.78 is 4.85. The number of rotatable bonds is 4. The Balaban J connectivity index is 1.62. The molecule has 0 saturated heterocycles. The average Bonchev–Trinajstić information content (AvgIpc) is 3.12. The summed E-state index contributed by atoms with van der Waals surface area (Å²) in [5, 5.41) is 12.2. The molecular weight excluding hydrogens is 374 g/mol. The predicted octanol–water partition coefficient (Wildman–Crippen LogP) is 5.13. The molecule has 1 aromatic heterocycles. The molecule has 0 amide bonds. The quantitative estimate of drug-likeness (QED) is 0.625. The van der Waals surface area contributed by atoms with E-state index in [1.165, 1.54) is 12.7 Å². The summed E-state index contributed by atoms with van der Waals surface area (Å²) >= 11 is 6.03. The number of nitrogens with one attached hydrogen (secondary N) is 1. The smallest absolute Gasteiger partial charge is 0.340 e. The highest BCUT2D eigenvalue weighted by atomic mass is 35.5. The van der Waals surface area contributed by atoms with Crippen LogP contribution >= 0.6 is 11.6 Å². The fraction of sp³-hybridized carbons (Fsp3) is 0.136. The lowest BCUT2D eigenvalue weighted by atomic mass is 9.97. The maximum atomic E-state index is 12.0. The molecule has 1 atom stereocenters. The van der Waals surface area contributed by atoms with E-state index in [0.29, 0.717) is 16.3 Å². The third kappa shape index (κ3) is 3.49. The first-order valence-electron chi connectivity index (χ1n) is 8.82. The summed E-state index contributed by atoms with van der Waals surface area (Å²) in [4.78, 5) is 12.0. The van der Waals surface area contributed by atoms with E-state index in [-0.39, 0.29) is 5.92 Å². The number of allylic oxidation sites excluding steroid dienone is 1. The zero-order chi connectivity index (χ0) is 19.7. The summed E-state index contributed by atoms with van der Waals surface area (Å²) in [6.07, 6.45) is 4.20. The molecule has 1 aliphatic carbocycles. The minimum atomic E-state index is -0.441. The van der Waals surface area contributed by atoms with Gasteiger partial charge in [0, 0.05) is 16.6 Å². The second-order valence-corrected chi connectivity index (χ2v) is 7.02. The molecule has 1 unspecified atom stereocenters. The van der Waals surface area contributed by atoms with E-state index in [4.69, 9.17) is 16.3 Å². The highest BCUT2D eigenvalue weighted by molar-refractivity contribution is 6.31. The summed E-state index contributed by atoms with van der Waals surface area (Å²) in [6.45, 7) is 1.92. The summed E-state index contributed by atoms with van der Waals surface area (Å²) in [5.41, 5.74) is 5.99. The van der Waals surface area contributed by atoms with Gasteiger partial charge >= 0.3 is 5.97 Å². The van der Waals surface area contributed by atoms with E-state index in [0.717, 1.165) is 22.6 Å². The van der Waals surface area contributed by atoms with Gasteiger partial charge in [-0.25, -0.2) is 4.79 Å². The first kappa shape index (κ1) is 18.2.